The van der Waals surface area contributed by atoms with E-state index in [9.17, 15) is 4.79 Å². The van der Waals surface area contributed by atoms with Crippen molar-refractivity contribution in [2.24, 2.45) is 5.73 Å². The first-order chi connectivity index (χ1) is 17.6. The van der Waals surface area contributed by atoms with Crippen molar-refractivity contribution in [3.05, 3.63) is 95.6 Å². The van der Waals surface area contributed by atoms with Gasteiger partial charge < -0.3 is 21.4 Å². The minimum atomic E-state index is -0.392. The van der Waals surface area contributed by atoms with Crippen LogP contribution < -0.4 is 16.8 Å². The summed E-state index contributed by atoms with van der Waals surface area (Å²) < 4.78 is 2.14. The normalized spacial score (nSPS) is 11.3. The number of nitrogens with two attached hydrogens (primary N) is 2. The summed E-state index contributed by atoms with van der Waals surface area (Å²) in [4.78, 5) is 25.1. The fourth-order valence-electron chi connectivity index (χ4n) is 4.63. The Balaban J connectivity index is 1.25. The van der Waals surface area contributed by atoms with E-state index in [1.54, 1.807) is 12.4 Å². The molecule has 0 bridgehead atoms. The van der Waals surface area contributed by atoms with Crippen molar-refractivity contribution in [1.29, 1.82) is 0 Å². The van der Waals surface area contributed by atoms with Gasteiger partial charge in [0.1, 0.15) is 5.52 Å². The quantitative estimate of drug-likeness (QED) is 0.260. The molecule has 5 rings (SSSR count). The number of hydrogen-bond donors (Lipinski definition) is 3. The van der Waals surface area contributed by atoms with E-state index in [0.717, 1.165) is 65.4 Å². The van der Waals surface area contributed by atoms with Gasteiger partial charge in [0.15, 0.2) is 5.82 Å². The number of pyridine rings is 2. The molecule has 0 fully saturated rings. The first-order valence-electron chi connectivity index (χ1n) is 12.1. The lowest BCUT2D eigenvalue weighted by molar-refractivity contribution is 0.0999. The molecule has 0 radical (unpaired) electrons. The molecule has 0 aliphatic rings. The van der Waals surface area contributed by atoms with Gasteiger partial charge in [0.2, 0.25) is 5.91 Å². The van der Waals surface area contributed by atoms with Gasteiger partial charge in [-0.05, 0) is 60.2 Å². The lowest BCUT2D eigenvalue weighted by Crippen LogP contribution is -2.16. The summed E-state index contributed by atoms with van der Waals surface area (Å²) in [5.41, 5.74) is 18.3. The Morgan fingerprint density at radius 1 is 0.972 bits per heavy atom. The maximum Gasteiger partial charge on any atom is 0.248 e. The lowest BCUT2D eigenvalue weighted by Gasteiger charge is -2.12. The van der Waals surface area contributed by atoms with E-state index in [1.807, 2.05) is 48.8 Å². The first-order valence-corrected chi connectivity index (χ1v) is 12.1. The second kappa shape index (κ2) is 10.5. The number of anilines is 1. The van der Waals surface area contributed by atoms with Crippen LogP contribution in [0.3, 0.4) is 0 Å². The molecule has 5 N–H and O–H groups in total. The number of primary amides is 1. The number of para-hydroxylation sites is 1. The van der Waals surface area contributed by atoms with E-state index < -0.39 is 5.91 Å². The van der Waals surface area contributed by atoms with Gasteiger partial charge in [-0.15, -0.1) is 0 Å². The van der Waals surface area contributed by atoms with E-state index >= 15 is 0 Å². The number of amides is 1. The average Bonchev–Trinajstić information content (AvgIpc) is 3.32. The van der Waals surface area contributed by atoms with E-state index in [0.29, 0.717) is 17.9 Å². The van der Waals surface area contributed by atoms with Crippen LogP contribution in [0.4, 0.5) is 5.82 Å². The molecule has 182 valence electrons. The van der Waals surface area contributed by atoms with Crippen molar-refractivity contribution in [3.63, 3.8) is 0 Å². The van der Waals surface area contributed by atoms with Crippen LogP contribution in [0.15, 0.2) is 73.3 Å². The molecular formula is C28H29N7O. The molecule has 0 aliphatic carbocycles. The molecule has 8 heteroatoms. The molecule has 0 saturated heterocycles. The molecule has 0 saturated carbocycles. The largest absolute Gasteiger partial charge is 0.382 e. The summed E-state index contributed by atoms with van der Waals surface area (Å²) >= 11 is 0. The number of aromatic nitrogens is 4. The number of hydrogen-bond acceptors (Lipinski definition) is 6. The summed E-state index contributed by atoms with van der Waals surface area (Å²) in [5.74, 6) is 0.0549. The predicted octanol–water partition coefficient (Wildman–Crippen LogP) is 3.97. The number of nitrogens with zero attached hydrogens (tertiary/aromatic N) is 4. The number of benzene rings is 2. The Morgan fingerprint density at radius 2 is 1.78 bits per heavy atom. The molecule has 0 aliphatic heterocycles. The second-order valence-corrected chi connectivity index (χ2v) is 8.92. The third-order valence-corrected chi connectivity index (χ3v) is 6.42. The lowest BCUT2D eigenvalue weighted by atomic mass is 9.98. The van der Waals surface area contributed by atoms with Crippen LogP contribution in [0.5, 0.6) is 0 Å². The van der Waals surface area contributed by atoms with Crippen LogP contribution in [0.1, 0.15) is 39.9 Å². The Morgan fingerprint density at radius 3 is 2.61 bits per heavy atom. The number of carbonyl (C=O) groups is 1. The average molecular weight is 480 g/mol. The molecule has 0 atom stereocenters. The van der Waals surface area contributed by atoms with Gasteiger partial charge in [0.25, 0.3) is 0 Å². The Labute approximate surface area is 209 Å². The van der Waals surface area contributed by atoms with E-state index in [4.69, 9.17) is 11.5 Å². The summed E-state index contributed by atoms with van der Waals surface area (Å²) in [5, 5.41) is 4.49. The molecule has 3 aromatic heterocycles. The van der Waals surface area contributed by atoms with E-state index in [1.165, 1.54) is 5.56 Å². The molecule has 5 aromatic rings. The molecule has 0 unspecified atom stereocenters. The van der Waals surface area contributed by atoms with Crippen molar-refractivity contribution in [2.75, 3.05) is 5.73 Å². The number of nitrogen functional groups attached to an aromatic ring is 1. The van der Waals surface area contributed by atoms with Crippen LogP contribution in [0, 0.1) is 0 Å². The van der Waals surface area contributed by atoms with Gasteiger partial charge in [0.05, 0.1) is 17.4 Å². The highest BCUT2D eigenvalue weighted by molar-refractivity contribution is 6.06. The smallest absolute Gasteiger partial charge is 0.248 e. The highest BCUT2D eigenvalue weighted by Crippen LogP contribution is 2.27. The van der Waals surface area contributed by atoms with Crippen molar-refractivity contribution >= 4 is 33.7 Å². The fraction of sp³-hybridized carbons (Fsp3) is 0.214. The maximum atomic E-state index is 12.0. The Hall–Kier alpha value is -4.30. The Bertz CT molecular complexity index is 1510. The zero-order valence-corrected chi connectivity index (χ0v) is 20.0. The maximum absolute atomic E-state index is 12.0. The molecule has 0 spiro atoms. The molecule has 8 nitrogen and oxygen atoms in total. The van der Waals surface area contributed by atoms with Crippen molar-refractivity contribution in [3.8, 4) is 0 Å². The highest BCUT2D eigenvalue weighted by atomic mass is 16.1. The van der Waals surface area contributed by atoms with Gasteiger partial charge in [-0.1, -0.05) is 30.3 Å². The summed E-state index contributed by atoms with van der Waals surface area (Å²) in [6, 6.07) is 17.9. The number of nitrogens with one attached hydrogen (secondary N) is 1. The summed E-state index contributed by atoms with van der Waals surface area (Å²) in [6.07, 6.45) is 8.01. The second-order valence-electron chi connectivity index (χ2n) is 8.92. The van der Waals surface area contributed by atoms with Gasteiger partial charge in [-0.3, -0.25) is 9.78 Å². The summed E-state index contributed by atoms with van der Waals surface area (Å²) in [7, 11) is 0. The minimum Gasteiger partial charge on any atom is -0.382 e. The van der Waals surface area contributed by atoms with E-state index in [2.05, 4.69) is 37.0 Å². The Kier molecular flexibility index (Phi) is 6.86. The molecule has 3 heterocycles. The third kappa shape index (κ3) is 5.04. The monoisotopic (exact) mass is 479 g/mol. The zero-order chi connectivity index (χ0) is 24.9. The SMILES string of the molecule is NC(=O)c1ccc(CNCc2ccncc2)cc1CCCCn1cnc2c(N)nc3ccccc3c21. The van der Waals surface area contributed by atoms with Gasteiger partial charge >= 0.3 is 0 Å². The molecule has 36 heavy (non-hydrogen) atoms. The van der Waals surface area contributed by atoms with Gasteiger partial charge in [0, 0.05) is 43.0 Å². The fourth-order valence-corrected chi connectivity index (χ4v) is 4.63. The number of fused-ring (bicyclic) bond motifs is 3. The summed E-state index contributed by atoms with van der Waals surface area (Å²) in [6.45, 7) is 2.25. The number of unbranched alkanes of at least 4 members (excludes halogenated alkanes) is 1. The number of imidazole rings is 1. The molecule has 1 amide bonds. The van der Waals surface area contributed by atoms with Crippen molar-refractivity contribution in [1.82, 2.24) is 24.8 Å². The number of rotatable bonds is 10. The topological polar surface area (TPSA) is 125 Å². The van der Waals surface area contributed by atoms with Crippen molar-refractivity contribution in [2.45, 2.75) is 38.9 Å². The van der Waals surface area contributed by atoms with Crippen LogP contribution >= 0.6 is 0 Å². The first kappa shape index (κ1) is 23.4. The van der Waals surface area contributed by atoms with E-state index in [-0.39, 0.29) is 0 Å². The molecular weight excluding hydrogens is 450 g/mol. The van der Waals surface area contributed by atoms with Gasteiger partial charge in [-0.2, -0.15) is 0 Å². The third-order valence-electron chi connectivity index (χ3n) is 6.42. The van der Waals surface area contributed by atoms with Crippen LogP contribution in [0.25, 0.3) is 21.9 Å². The molecule has 2 aromatic carbocycles. The number of carbonyl (C=O) groups excluding carboxylic acids is 1. The highest BCUT2D eigenvalue weighted by Gasteiger charge is 2.13. The van der Waals surface area contributed by atoms with Crippen LogP contribution in [-0.4, -0.2) is 25.4 Å². The van der Waals surface area contributed by atoms with Crippen LogP contribution in [0.2, 0.25) is 0 Å². The number of aryl methyl sites for hydroxylation is 2. The zero-order valence-electron chi connectivity index (χ0n) is 20.0. The van der Waals surface area contributed by atoms with Gasteiger partial charge in [-0.25, -0.2) is 9.97 Å². The van der Waals surface area contributed by atoms with Crippen molar-refractivity contribution < 1.29 is 4.79 Å². The predicted molar refractivity (Wildman–Crippen MR) is 142 cm³/mol. The van der Waals surface area contributed by atoms with Crippen LogP contribution in [-0.2, 0) is 26.1 Å². The standard InChI is InChI=1S/C28H29N7O/c29-27-25-26(23-6-1-2-7-24(23)34-27)35(18-33-25)14-4-3-5-21-15-20(8-9-22(21)28(30)36)17-32-16-19-10-12-31-13-11-19/h1-2,6-13,15,18,32H,3-5,14,16-17H2,(H2,29,34)(H2,30,36). The minimum absolute atomic E-state index is 0.392.